The van der Waals surface area contributed by atoms with E-state index in [4.69, 9.17) is 0 Å². The lowest BCUT2D eigenvalue weighted by Gasteiger charge is -2.40. The minimum atomic E-state index is -3.06. The highest BCUT2D eigenvalue weighted by molar-refractivity contribution is 7.91. The van der Waals surface area contributed by atoms with Gasteiger partial charge >= 0.3 is 0 Å². The second kappa shape index (κ2) is 7.22. The van der Waals surface area contributed by atoms with Gasteiger partial charge in [0.2, 0.25) is 0 Å². The fourth-order valence-corrected chi connectivity index (χ4v) is 4.08. The maximum absolute atomic E-state index is 12.1. The summed E-state index contributed by atoms with van der Waals surface area (Å²) in [5, 5.41) is 3.28. The zero-order valence-corrected chi connectivity index (χ0v) is 15.7. The van der Waals surface area contributed by atoms with E-state index >= 15 is 0 Å². The van der Waals surface area contributed by atoms with Gasteiger partial charge in [0, 0.05) is 24.3 Å². The van der Waals surface area contributed by atoms with Gasteiger partial charge in [0.05, 0.1) is 11.0 Å². The summed E-state index contributed by atoms with van der Waals surface area (Å²) < 4.78 is 24.2. The highest BCUT2D eigenvalue weighted by Gasteiger charge is 2.28. The number of hydrogen-bond donors (Lipinski definition) is 1. The minimum absolute atomic E-state index is 0.111. The van der Waals surface area contributed by atoms with E-state index in [0.717, 1.165) is 24.2 Å². The van der Waals surface area contributed by atoms with Crippen LogP contribution in [0.2, 0.25) is 0 Å². The summed E-state index contributed by atoms with van der Waals surface area (Å²) in [6.07, 6.45) is 1.10. The maximum Gasteiger partial charge on any atom is 0.156 e. The number of piperidine rings is 1. The van der Waals surface area contributed by atoms with Crippen LogP contribution in [-0.4, -0.2) is 44.2 Å². The Hall–Kier alpha value is -1.07. The molecule has 0 aliphatic carbocycles. The summed E-state index contributed by atoms with van der Waals surface area (Å²) in [6.45, 7) is 9.08. The molecule has 0 amide bonds. The molecule has 1 aromatic rings. The zero-order chi connectivity index (χ0) is 17.2. The van der Waals surface area contributed by atoms with Gasteiger partial charge < -0.3 is 10.2 Å². The van der Waals surface area contributed by atoms with Gasteiger partial charge in [-0.05, 0) is 57.9 Å². The van der Waals surface area contributed by atoms with Crippen molar-refractivity contribution in [2.45, 2.75) is 57.2 Å². The molecule has 3 atom stereocenters. The first-order valence-electron chi connectivity index (χ1n) is 8.46. The van der Waals surface area contributed by atoms with Gasteiger partial charge in [-0.3, -0.25) is 0 Å². The largest absolute Gasteiger partial charge is 0.382 e. The number of anilines is 1. The fraction of sp³-hybridized carbons (Fsp3) is 0.667. The first-order chi connectivity index (χ1) is 10.7. The summed E-state index contributed by atoms with van der Waals surface area (Å²) >= 11 is 0. The predicted molar refractivity (Wildman–Crippen MR) is 97.5 cm³/mol. The third kappa shape index (κ3) is 4.70. The van der Waals surface area contributed by atoms with Crippen molar-refractivity contribution < 1.29 is 8.42 Å². The molecule has 0 saturated carbocycles. The Kier molecular flexibility index (Phi) is 5.74. The van der Waals surface area contributed by atoms with Gasteiger partial charge in [-0.15, -0.1) is 0 Å². The smallest absolute Gasteiger partial charge is 0.156 e. The fourth-order valence-electron chi connectivity index (χ4n) is 3.11. The molecule has 23 heavy (non-hydrogen) atoms. The Morgan fingerprint density at radius 3 is 2.65 bits per heavy atom. The molecule has 2 rings (SSSR count). The monoisotopic (exact) mass is 338 g/mol. The molecule has 1 aromatic carbocycles. The van der Waals surface area contributed by atoms with E-state index in [2.05, 4.69) is 31.1 Å². The molecule has 1 saturated heterocycles. The number of nitrogens with one attached hydrogen (secondary N) is 1. The molecule has 0 spiro atoms. The first-order valence-corrected chi connectivity index (χ1v) is 10.2. The summed E-state index contributed by atoms with van der Waals surface area (Å²) in [5.74, 6) is 0.679. The second-order valence-corrected chi connectivity index (χ2v) is 9.87. The number of nitrogens with zero attached hydrogens (tertiary/aromatic N) is 1. The van der Waals surface area contributed by atoms with Crippen LogP contribution in [0.1, 0.15) is 39.7 Å². The number of benzene rings is 1. The Morgan fingerprint density at radius 2 is 2.00 bits per heavy atom. The quantitative estimate of drug-likeness (QED) is 0.896. The summed E-state index contributed by atoms with van der Waals surface area (Å²) in [5.41, 5.74) is 1.88. The van der Waals surface area contributed by atoms with Gasteiger partial charge in [-0.1, -0.05) is 19.1 Å². The van der Waals surface area contributed by atoms with Crippen LogP contribution in [0.5, 0.6) is 0 Å². The highest BCUT2D eigenvalue weighted by Crippen LogP contribution is 2.25. The lowest BCUT2D eigenvalue weighted by Crippen LogP contribution is -2.48. The average molecular weight is 339 g/mol. The molecule has 0 bridgehead atoms. The van der Waals surface area contributed by atoms with Crippen molar-refractivity contribution in [2.75, 3.05) is 18.9 Å². The second-order valence-electron chi connectivity index (χ2n) is 7.31. The summed E-state index contributed by atoms with van der Waals surface area (Å²) in [4.78, 5) is 2.40. The summed E-state index contributed by atoms with van der Waals surface area (Å²) in [6, 6.07) is 8.84. The first kappa shape index (κ1) is 18.3. The van der Waals surface area contributed by atoms with Crippen molar-refractivity contribution in [1.29, 1.82) is 0 Å². The van der Waals surface area contributed by atoms with E-state index in [9.17, 15) is 8.42 Å². The van der Waals surface area contributed by atoms with Crippen LogP contribution in [0.3, 0.4) is 0 Å². The van der Waals surface area contributed by atoms with E-state index in [0.29, 0.717) is 18.0 Å². The van der Waals surface area contributed by atoms with Crippen molar-refractivity contribution >= 4 is 15.5 Å². The molecule has 5 heteroatoms. The molecule has 1 fully saturated rings. The van der Waals surface area contributed by atoms with Gasteiger partial charge in [0.1, 0.15) is 0 Å². The van der Waals surface area contributed by atoms with Crippen molar-refractivity contribution in [3.63, 3.8) is 0 Å². The molecule has 130 valence electrons. The third-order valence-electron chi connectivity index (χ3n) is 4.98. The lowest BCUT2D eigenvalue weighted by atomic mass is 9.89. The Bertz CT molecular complexity index is 628. The van der Waals surface area contributed by atoms with Crippen molar-refractivity contribution in [1.82, 2.24) is 4.90 Å². The lowest BCUT2D eigenvalue weighted by molar-refractivity contribution is 0.145. The molecule has 0 radical (unpaired) electrons. The number of rotatable bonds is 5. The number of hydrogen-bond acceptors (Lipinski definition) is 4. The van der Waals surface area contributed by atoms with Gasteiger partial charge in [0.15, 0.2) is 9.84 Å². The van der Waals surface area contributed by atoms with E-state index < -0.39 is 9.84 Å². The van der Waals surface area contributed by atoms with E-state index in [1.54, 1.807) is 13.8 Å². The normalized spacial score (nSPS) is 26.4. The van der Waals surface area contributed by atoms with Gasteiger partial charge in [0.25, 0.3) is 0 Å². The molecule has 0 aromatic heterocycles. The van der Waals surface area contributed by atoms with Gasteiger partial charge in [-0.25, -0.2) is 8.42 Å². The Balaban J connectivity index is 2.08. The van der Waals surface area contributed by atoms with Crippen LogP contribution < -0.4 is 5.32 Å². The van der Waals surface area contributed by atoms with Crippen LogP contribution in [0, 0.1) is 5.92 Å². The number of sulfone groups is 1. The molecule has 4 nitrogen and oxygen atoms in total. The standard InChI is InChI=1S/C18H30N2O2S/c1-13(2)23(21,22)12-16-7-6-8-17(10-16)19-18-9-15(4)20(5)11-14(18)3/h6-8,10,13-15,18-19H,9,11-12H2,1-5H3/t14-,15-,18+/m1/s1. The highest BCUT2D eigenvalue weighted by atomic mass is 32.2. The third-order valence-corrected chi connectivity index (χ3v) is 7.15. The van der Waals surface area contributed by atoms with Crippen LogP contribution in [0.4, 0.5) is 5.69 Å². The van der Waals surface area contributed by atoms with Crippen LogP contribution in [-0.2, 0) is 15.6 Å². The number of likely N-dealkylation sites (tertiary alicyclic amines) is 1. The topological polar surface area (TPSA) is 49.4 Å². The van der Waals surface area contributed by atoms with E-state index in [1.807, 2.05) is 24.3 Å². The van der Waals surface area contributed by atoms with Crippen LogP contribution in [0.15, 0.2) is 24.3 Å². The van der Waals surface area contributed by atoms with Crippen molar-refractivity contribution in [2.24, 2.45) is 5.92 Å². The molecule has 1 heterocycles. The van der Waals surface area contributed by atoms with E-state index in [-0.39, 0.29) is 11.0 Å². The Labute approximate surface area is 141 Å². The minimum Gasteiger partial charge on any atom is -0.382 e. The molecule has 1 aliphatic heterocycles. The molecular weight excluding hydrogens is 308 g/mol. The van der Waals surface area contributed by atoms with Crippen molar-refractivity contribution in [3.8, 4) is 0 Å². The van der Waals surface area contributed by atoms with Gasteiger partial charge in [-0.2, -0.15) is 0 Å². The maximum atomic E-state index is 12.1. The Morgan fingerprint density at radius 1 is 1.30 bits per heavy atom. The van der Waals surface area contributed by atoms with Crippen LogP contribution in [0.25, 0.3) is 0 Å². The SMILES string of the molecule is CC(C)S(=O)(=O)Cc1cccc(N[C@H]2C[C@@H](C)N(C)C[C@H]2C)c1. The molecule has 0 unspecified atom stereocenters. The molecule has 1 N–H and O–H groups in total. The van der Waals surface area contributed by atoms with E-state index in [1.165, 1.54) is 0 Å². The zero-order valence-electron chi connectivity index (χ0n) is 14.9. The van der Waals surface area contributed by atoms with Crippen LogP contribution >= 0.6 is 0 Å². The molecule has 1 aliphatic rings. The average Bonchev–Trinajstić information content (AvgIpc) is 2.44. The predicted octanol–water partition coefficient (Wildman–Crippen LogP) is 3.15. The summed E-state index contributed by atoms with van der Waals surface area (Å²) in [7, 11) is -0.887. The van der Waals surface area contributed by atoms with Crippen molar-refractivity contribution in [3.05, 3.63) is 29.8 Å². The molecular formula is C18H30N2O2S.